The minimum absolute atomic E-state index is 0.00693. The van der Waals surface area contributed by atoms with Crippen molar-refractivity contribution >= 4 is 27.6 Å². The van der Waals surface area contributed by atoms with Crippen molar-refractivity contribution in [3.8, 4) is 0 Å². The first-order chi connectivity index (χ1) is 15.0. The Morgan fingerprint density at radius 1 is 1.03 bits per heavy atom. The Kier molecular flexibility index (Phi) is 6.78. The van der Waals surface area contributed by atoms with Gasteiger partial charge >= 0.3 is 6.18 Å². The van der Waals surface area contributed by atoms with Crippen LogP contribution in [0.3, 0.4) is 0 Å². The van der Waals surface area contributed by atoms with Crippen LogP contribution in [0.2, 0.25) is 0 Å². The van der Waals surface area contributed by atoms with Gasteiger partial charge in [-0.05, 0) is 41.8 Å². The SMILES string of the molecule is C[C@@H](CC(=O)Nc1ccc(S(=O)(=O)Nc2nccc(C(F)(F)F)n2)cc1)c1ccccc1. The molecule has 7 nitrogen and oxygen atoms in total. The molecule has 0 bridgehead atoms. The molecule has 0 saturated heterocycles. The van der Waals surface area contributed by atoms with E-state index in [1.807, 2.05) is 42.0 Å². The van der Waals surface area contributed by atoms with Crippen LogP contribution in [0.15, 0.2) is 71.8 Å². The highest BCUT2D eigenvalue weighted by atomic mass is 32.2. The Labute approximate surface area is 182 Å². The molecule has 1 amide bonds. The Bertz CT molecular complexity index is 1180. The van der Waals surface area contributed by atoms with E-state index in [0.29, 0.717) is 11.8 Å². The zero-order valence-electron chi connectivity index (χ0n) is 16.8. The number of halogens is 3. The fraction of sp³-hybridized carbons (Fsp3) is 0.190. The molecule has 0 aliphatic rings. The second kappa shape index (κ2) is 9.35. The topological polar surface area (TPSA) is 101 Å². The fourth-order valence-electron chi connectivity index (χ4n) is 2.85. The molecule has 2 N–H and O–H groups in total. The number of nitrogens with zero attached hydrogens (tertiary/aromatic N) is 2. The normalized spacial score (nSPS) is 12.8. The quantitative estimate of drug-likeness (QED) is 0.539. The van der Waals surface area contributed by atoms with Gasteiger partial charge in [-0.3, -0.25) is 4.79 Å². The van der Waals surface area contributed by atoms with E-state index in [9.17, 15) is 26.4 Å². The molecule has 0 unspecified atom stereocenters. The number of aromatic nitrogens is 2. The highest BCUT2D eigenvalue weighted by Crippen LogP contribution is 2.28. The minimum atomic E-state index is -4.74. The first-order valence-electron chi connectivity index (χ1n) is 9.42. The number of benzene rings is 2. The van der Waals surface area contributed by atoms with Crippen molar-refractivity contribution in [3.63, 3.8) is 0 Å². The molecule has 0 radical (unpaired) electrons. The number of hydrogen-bond donors (Lipinski definition) is 2. The second-order valence-corrected chi connectivity index (χ2v) is 8.64. The van der Waals surface area contributed by atoms with E-state index in [2.05, 4.69) is 15.3 Å². The van der Waals surface area contributed by atoms with Gasteiger partial charge in [-0.25, -0.2) is 23.1 Å². The van der Waals surface area contributed by atoms with Crippen LogP contribution >= 0.6 is 0 Å². The summed E-state index contributed by atoms with van der Waals surface area (Å²) in [5, 5.41) is 2.69. The first kappa shape index (κ1) is 23.2. The maximum Gasteiger partial charge on any atom is 0.433 e. The molecule has 0 fully saturated rings. The lowest BCUT2D eigenvalue weighted by Crippen LogP contribution is -2.17. The van der Waals surface area contributed by atoms with Crippen LogP contribution in [0.5, 0.6) is 0 Å². The third-order valence-electron chi connectivity index (χ3n) is 4.48. The van der Waals surface area contributed by atoms with Crippen LogP contribution in [0.25, 0.3) is 0 Å². The van der Waals surface area contributed by atoms with Gasteiger partial charge in [-0.1, -0.05) is 37.3 Å². The number of sulfonamides is 1. The summed E-state index contributed by atoms with van der Waals surface area (Å²) in [5.74, 6) is -0.952. The van der Waals surface area contributed by atoms with Crippen molar-refractivity contribution in [3.05, 3.63) is 78.1 Å². The third-order valence-corrected chi connectivity index (χ3v) is 5.82. The van der Waals surface area contributed by atoms with E-state index in [4.69, 9.17) is 0 Å². The van der Waals surface area contributed by atoms with Gasteiger partial charge in [0.2, 0.25) is 11.9 Å². The standard InChI is InChI=1S/C21H19F3N4O3S/c1-14(15-5-3-2-4-6-15)13-19(29)26-16-7-9-17(10-8-16)32(30,31)28-20-25-12-11-18(27-20)21(22,23)24/h2-12,14H,13H2,1H3,(H,26,29)(H,25,27,28)/t14-/m0/s1. The molecule has 3 aromatic rings. The van der Waals surface area contributed by atoms with E-state index < -0.39 is 27.8 Å². The van der Waals surface area contributed by atoms with Gasteiger partial charge in [-0.2, -0.15) is 13.2 Å². The van der Waals surface area contributed by atoms with Gasteiger partial charge in [-0.15, -0.1) is 0 Å². The van der Waals surface area contributed by atoms with E-state index in [0.717, 1.165) is 11.8 Å². The maximum absolute atomic E-state index is 12.7. The number of anilines is 2. The van der Waals surface area contributed by atoms with Crippen LogP contribution in [0, 0.1) is 0 Å². The van der Waals surface area contributed by atoms with E-state index >= 15 is 0 Å². The summed E-state index contributed by atoms with van der Waals surface area (Å²) in [6.45, 7) is 1.92. The summed E-state index contributed by atoms with van der Waals surface area (Å²) in [6.07, 6.45) is -3.69. The van der Waals surface area contributed by atoms with Crippen LogP contribution in [0.1, 0.15) is 30.5 Å². The number of alkyl halides is 3. The number of nitrogens with one attached hydrogen (secondary N) is 2. The molecule has 0 aliphatic carbocycles. The van der Waals surface area contributed by atoms with E-state index in [1.54, 1.807) is 0 Å². The Morgan fingerprint density at radius 3 is 2.31 bits per heavy atom. The van der Waals surface area contributed by atoms with E-state index in [-0.39, 0.29) is 23.1 Å². The van der Waals surface area contributed by atoms with Crippen molar-refractivity contribution in [2.45, 2.75) is 30.3 Å². The number of carbonyl (C=O) groups is 1. The summed E-state index contributed by atoms with van der Waals surface area (Å²) < 4.78 is 65.0. The zero-order valence-corrected chi connectivity index (χ0v) is 17.6. The van der Waals surface area contributed by atoms with Gasteiger partial charge in [0.1, 0.15) is 5.69 Å². The molecule has 0 spiro atoms. The number of hydrogen-bond acceptors (Lipinski definition) is 5. The molecule has 2 aromatic carbocycles. The molecule has 3 rings (SSSR count). The molecule has 0 aliphatic heterocycles. The molecule has 11 heteroatoms. The number of rotatable bonds is 7. The van der Waals surface area contributed by atoms with E-state index in [1.165, 1.54) is 24.3 Å². The summed E-state index contributed by atoms with van der Waals surface area (Å²) >= 11 is 0. The Hall–Kier alpha value is -3.47. The smallest absolute Gasteiger partial charge is 0.326 e. The van der Waals surface area contributed by atoms with Crippen LogP contribution in [0.4, 0.5) is 24.8 Å². The molecule has 1 atom stereocenters. The molecule has 32 heavy (non-hydrogen) atoms. The highest BCUT2D eigenvalue weighted by molar-refractivity contribution is 7.92. The highest BCUT2D eigenvalue weighted by Gasteiger charge is 2.33. The van der Waals surface area contributed by atoms with Crippen molar-refractivity contribution in [2.75, 3.05) is 10.0 Å². The Balaban J connectivity index is 1.65. The van der Waals surface area contributed by atoms with Crippen molar-refractivity contribution in [2.24, 2.45) is 0 Å². The van der Waals surface area contributed by atoms with Crippen LogP contribution in [-0.2, 0) is 21.0 Å². The minimum Gasteiger partial charge on any atom is -0.326 e. The summed E-state index contributed by atoms with van der Waals surface area (Å²) in [6, 6.07) is 15.4. The molecule has 168 valence electrons. The molecule has 0 saturated carbocycles. The predicted octanol–water partition coefficient (Wildman–Crippen LogP) is 4.43. The largest absolute Gasteiger partial charge is 0.433 e. The van der Waals surface area contributed by atoms with Crippen LogP contribution < -0.4 is 10.0 Å². The summed E-state index contributed by atoms with van der Waals surface area (Å²) in [7, 11) is -4.23. The summed E-state index contributed by atoms with van der Waals surface area (Å²) in [5.41, 5.74) is 0.129. The average Bonchev–Trinajstić information content (AvgIpc) is 2.74. The van der Waals surface area contributed by atoms with Crippen molar-refractivity contribution < 1.29 is 26.4 Å². The molecular formula is C21H19F3N4O3S. The van der Waals surface area contributed by atoms with Gasteiger partial charge in [0, 0.05) is 18.3 Å². The number of amides is 1. The summed E-state index contributed by atoms with van der Waals surface area (Å²) in [4.78, 5) is 18.7. The van der Waals surface area contributed by atoms with Crippen LogP contribution in [-0.4, -0.2) is 24.3 Å². The lowest BCUT2D eigenvalue weighted by atomic mass is 9.97. The van der Waals surface area contributed by atoms with Crippen molar-refractivity contribution in [1.29, 1.82) is 0 Å². The first-order valence-corrected chi connectivity index (χ1v) is 10.9. The monoisotopic (exact) mass is 464 g/mol. The van der Waals surface area contributed by atoms with Crippen molar-refractivity contribution in [1.82, 2.24) is 9.97 Å². The lowest BCUT2D eigenvalue weighted by molar-refractivity contribution is -0.141. The van der Waals surface area contributed by atoms with Gasteiger partial charge < -0.3 is 5.32 Å². The third kappa shape index (κ3) is 6.03. The second-order valence-electron chi connectivity index (χ2n) is 6.96. The maximum atomic E-state index is 12.7. The Morgan fingerprint density at radius 2 is 1.69 bits per heavy atom. The predicted molar refractivity (Wildman–Crippen MR) is 112 cm³/mol. The molecular weight excluding hydrogens is 445 g/mol. The lowest BCUT2D eigenvalue weighted by Gasteiger charge is -2.12. The van der Waals surface area contributed by atoms with Gasteiger partial charge in [0.05, 0.1) is 4.90 Å². The molecule has 1 aromatic heterocycles. The fourth-order valence-corrected chi connectivity index (χ4v) is 3.80. The molecule has 1 heterocycles. The average molecular weight is 464 g/mol. The number of carbonyl (C=O) groups excluding carboxylic acids is 1. The zero-order chi connectivity index (χ0) is 23.4. The van der Waals surface area contributed by atoms with Gasteiger partial charge in [0.25, 0.3) is 10.0 Å². The van der Waals surface area contributed by atoms with Gasteiger partial charge in [0.15, 0.2) is 0 Å².